The number of para-hydroxylation sites is 1. The molecule has 0 saturated carbocycles. The Morgan fingerprint density at radius 2 is 1.85 bits per heavy atom. The summed E-state index contributed by atoms with van der Waals surface area (Å²) < 4.78 is 5.76. The van der Waals surface area contributed by atoms with Gasteiger partial charge in [0.25, 0.3) is 0 Å². The largest absolute Gasteiger partial charge is 0.372 e. The maximum atomic E-state index is 5.76. The molecule has 2 heteroatoms. The number of nitrogens with zero attached hydrogens (tertiary/aromatic N) is 1. The topological polar surface area (TPSA) is 22.1 Å². The summed E-state index contributed by atoms with van der Waals surface area (Å²) in [6.07, 6.45) is 0.00825. The van der Waals surface area contributed by atoms with Gasteiger partial charge in [0.15, 0.2) is 0 Å². The van der Waals surface area contributed by atoms with E-state index in [1.807, 2.05) is 13.0 Å². The molecule has 1 aromatic heterocycles. The molecule has 2 nitrogen and oxygen atoms in total. The lowest BCUT2D eigenvalue weighted by atomic mass is 10.00. The maximum absolute atomic E-state index is 5.76. The van der Waals surface area contributed by atoms with Crippen LogP contribution in [0.4, 0.5) is 0 Å². The van der Waals surface area contributed by atoms with Crippen molar-refractivity contribution < 1.29 is 4.74 Å². The predicted molar refractivity (Wildman–Crippen MR) is 84.0 cm³/mol. The molecule has 3 rings (SSSR count). The van der Waals surface area contributed by atoms with Crippen molar-refractivity contribution in [2.75, 3.05) is 6.61 Å². The molecule has 0 radical (unpaired) electrons. The van der Waals surface area contributed by atoms with Gasteiger partial charge in [-0.2, -0.15) is 0 Å². The molecule has 0 fully saturated rings. The molecule has 0 N–H and O–H groups in total. The second-order valence-corrected chi connectivity index (χ2v) is 5.16. The molecule has 0 bridgehead atoms. The van der Waals surface area contributed by atoms with Gasteiger partial charge in [-0.3, -0.25) is 0 Å². The zero-order valence-electron chi connectivity index (χ0n) is 12.2. The van der Waals surface area contributed by atoms with Crippen molar-refractivity contribution in [3.8, 4) is 0 Å². The van der Waals surface area contributed by atoms with E-state index in [1.54, 1.807) is 0 Å². The third-order valence-electron chi connectivity index (χ3n) is 3.69. The summed E-state index contributed by atoms with van der Waals surface area (Å²) >= 11 is 0. The van der Waals surface area contributed by atoms with Crippen LogP contribution in [-0.4, -0.2) is 11.6 Å². The molecule has 0 aliphatic rings. The maximum Gasteiger partial charge on any atom is 0.0972 e. The lowest BCUT2D eigenvalue weighted by molar-refractivity contribution is 0.0747. The Hall–Kier alpha value is -1.93. The Morgan fingerprint density at radius 3 is 2.65 bits per heavy atom. The van der Waals surface area contributed by atoms with Crippen molar-refractivity contribution in [3.63, 3.8) is 0 Å². The Labute approximate surface area is 119 Å². The summed E-state index contributed by atoms with van der Waals surface area (Å²) in [5, 5.41) is 3.65. The van der Waals surface area contributed by atoms with Crippen LogP contribution in [0, 0.1) is 6.92 Å². The van der Waals surface area contributed by atoms with Gasteiger partial charge in [0, 0.05) is 17.4 Å². The molecular weight excluding hydrogens is 246 g/mol. The fourth-order valence-corrected chi connectivity index (χ4v) is 2.73. The molecule has 0 aliphatic carbocycles. The third kappa shape index (κ3) is 2.16. The molecule has 102 valence electrons. The number of benzene rings is 2. The number of fused-ring (bicyclic) bond motifs is 3. The average molecular weight is 265 g/mol. The number of ether oxygens (including phenoxy) is 1. The van der Waals surface area contributed by atoms with Gasteiger partial charge in [-0.1, -0.05) is 35.9 Å². The van der Waals surface area contributed by atoms with Crippen LogP contribution in [-0.2, 0) is 4.74 Å². The molecule has 0 spiro atoms. The van der Waals surface area contributed by atoms with Crippen molar-refractivity contribution in [2.24, 2.45) is 0 Å². The van der Waals surface area contributed by atoms with Gasteiger partial charge >= 0.3 is 0 Å². The van der Waals surface area contributed by atoms with Gasteiger partial charge in [-0.15, -0.1) is 0 Å². The van der Waals surface area contributed by atoms with Gasteiger partial charge < -0.3 is 4.74 Å². The highest BCUT2D eigenvalue weighted by atomic mass is 16.5. The molecule has 0 aliphatic heterocycles. The molecule has 2 aromatic carbocycles. The third-order valence-corrected chi connectivity index (χ3v) is 3.69. The Bertz CT molecular complexity index is 764. The highest BCUT2D eigenvalue weighted by Gasteiger charge is 2.14. The van der Waals surface area contributed by atoms with Crippen LogP contribution in [0.25, 0.3) is 21.7 Å². The summed E-state index contributed by atoms with van der Waals surface area (Å²) in [7, 11) is 0. The minimum Gasteiger partial charge on any atom is -0.372 e. The van der Waals surface area contributed by atoms with Gasteiger partial charge in [0.2, 0.25) is 0 Å². The van der Waals surface area contributed by atoms with Crippen LogP contribution in [0.5, 0.6) is 0 Å². The summed E-state index contributed by atoms with van der Waals surface area (Å²) in [4.78, 5) is 4.84. The Morgan fingerprint density at radius 1 is 1.05 bits per heavy atom. The SMILES string of the molecule is CCOC(C)c1nc2ccccc2c2ccc(C)cc12. The first-order valence-electron chi connectivity index (χ1n) is 7.11. The summed E-state index contributed by atoms with van der Waals surface area (Å²) in [6, 6.07) is 14.9. The zero-order valence-corrected chi connectivity index (χ0v) is 12.2. The number of aromatic nitrogens is 1. The minimum absolute atomic E-state index is 0.00825. The van der Waals surface area contributed by atoms with Crippen molar-refractivity contribution in [1.29, 1.82) is 0 Å². The van der Waals surface area contributed by atoms with Crippen LogP contribution >= 0.6 is 0 Å². The van der Waals surface area contributed by atoms with Crippen LogP contribution in [0.3, 0.4) is 0 Å². The van der Waals surface area contributed by atoms with Crippen LogP contribution in [0.2, 0.25) is 0 Å². The smallest absolute Gasteiger partial charge is 0.0972 e. The number of hydrogen-bond donors (Lipinski definition) is 0. The van der Waals surface area contributed by atoms with E-state index < -0.39 is 0 Å². The van der Waals surface area contributed by atoms with E-state index in [0.717, 1.165) is 11.2 Å². The first-order valence-corrected chi connectivity index (χ1v) is 7.11. The fourth-order valence-electron chi connectivity index (χ4n) is 2.73. The normalized spacial score (nSPS) is 12.9. The lowest BCUT2D eigenvalue weighted by Crippen LogP contribution is -2.04. The summed E-state index contributed by atoms with van der Waals surface area (Å²) in [6.45, 7) is 6.90. The fraction of sp³-hybridized carbons (Fsp3) is 0.278. The van der Waals surface area contributed by atoms with Crippen LogP contribution in [0.1, 0.15) is 31.2 Å². The summed E-state index contributed by atoms with van der Waals surface area (Å²) in [5.74, 6) is 0. The van der Waals surface area contributed by atoms with E-state index >= 15 is 0 Å². The monoisotopic (exact) mass is 265 g/mol. The number of aryl methyl sites for hydroxylation is 1. The van der Waals surface area contributed by atoms with Crippen LogP contribution in [0.15, 0.2) is 42.5 Å². The first-order chi connectivity index (χ1) is 9.70. The molecular formula is C18H19NO. The average Bonchev–Trinajstić information content (AvgIpc) is 2.46. The van der Waals surface area contributed by atoms with E-state index in [1.165, 1.54) is 21.7 Å². The van der Waals surface area contributed by atoms with Crippen LogP contribution < -0.4 is 0 Å². The van der Waals surface area contributed by atoms with E-state index in [9.17, 15) is 0 Å². The number of rotatable bonds is 3. The van der Waals surface area contributed by atoms with Gasteiger partial charge in [0.1, 0.15) is 0 Å². The molecule has 1 heterocycles. The van der Waals surface area contributed by atoms with Gasteiger partial charge in [-0.05, 0) is 38.3 Å². The predicted octanol–water partition coefficient (Wildman–Crippen LogP) is 4.79. The van der Waals surface area contributed by atoms with E-state index in [-0.39, 0.29) is 6.10 Å². The Kier molecular flexibility index (Phi) is 3.41. The first kappa shape index (κ1) is 13.1. The van der Waals surface area contributed by atoms with E-state index in [0.29, 0.717) is 6.61 Å². The Balaban J connectivity index is 2.38. The van der Waals surface area contributed by atoms with Crippen molar-refractivity contribution in [2.45, 2.75) is 26.9 Å². The van der Waals surface area contributed by atoms with Gasteiger partial charge in [0.05, 0.1) is 17.3 Å². The van der Waals surface area contributed by atoms with Gasteiger partial charge in [-0.25, -0.2) is 4.98 Å². The number of hydrogen-bond acceptors (Lipinski definition) is 2. The summed E-state index contributed by atoms with van der Waals surface area (Å²) in [5.41, 5.74) is 3.31. The second-order valence-electron chi connectivity index (χ2n) is 5.16. The highest BCUT2D eigenvalue weighted by Crippen LogP contribution is 2.31. The minimum atomic E-state index is 0.00825. The quantitative estimate of drug-likeness (QED) is 0.635. The number of pyridine rings is 1. The zero-order chi connectivity index (χ0) is 14.1. The lowest BCUT2D eigenvalue weighted by Gasteiger charge is -2.16. The van der Waals surface area contributed by atoms with E-state index in [4.69, 9.17) is 9.72 Å². The molecule has 1 atom stereocenters. The molecule has 0 amide bonds. The second kappa shape index (κ2) is 5.22. The highest BCUT2D eigenvalue weighted by molar-refractivity contribution is 6.06. The molecule has 3 aromatic rings. The van der Waals surface area contributed by atoms with E-state index in [2.05, 4.69) is 50.2 Å². The molecule has 1 unspecified atom stereocenters. The van der Waals surface area contributed by atoms with Crippen molar-refractivity contribution in [1.82, 2.24) is 4.98 Å². The van der Waals surface area contributed by atoms with Crippen molar-refractivity contribution >= 4 is 21.7 Å². The standard InChI is InChI=1S/C18H19NO/c1-4-20-13(3)18-16-11-12(2)9-10-14(16)15-7-5-6-8-17(15)19-18/h5-11,13H,4H2,1-3H3. The van der Waals surface area contributed by atoms with Crippen molar-refractivity contribution in [3.05, 3.63) is 53.7 Å². The molecule has 20 heavy (non-hydrogen) atoms. The molecule has 0 saturated heterocycles.